The fraction of sp³-hybridized carbons (Fsp3) is 0.842. The first-order valence-corrected chi connectivity index (χ1v) is 12.0. The van der Waals surface area contributed by atoms with Gasteiger partial charge in [-0.25, -0.2) is 0 Å². The number of hydrogen-bond donors (Lipinski definition) is 1. The third-order valence-electron chi connectivity index (χ3n) is 5.27. The molecule has 0 aromatic heterocycles. The minimum Gasteiger partial charge on any atom is -0.334 e. The lowest BCUT2D eigenvalue weighted by Gasteiger charge is -2.37. The van der Waals surface area contributed by atoms with Gasteiger partial charge >= 0.3 is 36.3 Å². The van der Waals surface area contributed by atoms with Crippen molar-refractivity contribution in [2.24, 2.45) is 0 Å². The second-order valence-electron chi connectivity index (χ2n) is 7.98. The molecular weight excluding hydrogens is 583 g/mol. The van der Waals surface area contributed by atoms with Gasteiger partial charge in [-0.15, -0.1) is 0 Å². The summed E-state index contributed by atoms with van der Waals surface area (Å²) in [5.41, 5.74) is 0. The molecule has 1 aliphatic rings. The van der Waals surface area contributed by atoms with Crippen molar-refractivity contribution in [2.45, 2.75) is 50.3 Å². The van der Waals surface area contributed by atoms with E-state index in [0.29, 0.717) is 9.80 Å². The predicted molar refractivity (Wildman–Crippen MR) is 112 cm³/mol. The lowest BCUT2D eigenvalue weighted by atomic mass is 10.1. The van der Waals surface area contributed by atoms with Crippen LogP contribution in [-0.4, -0.2) is 108 Å². The van der Waals surface area contributed by atoms with Crippen LogP contribution in [-0.2, 0) is 14.4 Å². The number of carbonyl (C=O) groups is 3. The molecule has 1 saturated heterocycles. The van der Waals surface area contributed by atoms with Gasteiger partial charge in [0.1, 0.15) is 0 Å². The predicted octanol–water partition coefficient (Wildman–Crippen LogP) is 3.09. The summed E-state index contributed by atoms with van der Waals surface area (Å²) in [5, 5.41) is 2.93. The smallest absolute Gasteiger partial charge is 0.334 e. The Morgan fingerprint density at radius 3 is 1.78 bits per heavy atom. The Kier molecular flexibility index (Phi) is 12.2. The molecular formula is C19H26BrF9N4O3. The maximum atomic E-state index is 13.3. The van der Waals surface area contributed by atoms with Crippen molar-refractivity contribution < 1.29 is 53.9 Å². The molecule has 1 heterocycles. The average molecular weight is 609 g/mol. The first-order chi connectivity index (χ1) is 16.5. The second-order valence-corrected chi connectivity index (χ2v) is 8.77. The molecule has 1 fully saturated rings. The summed E-state index contributed by atoms with van der Waals surface area (Å²) in [5.74, 6) is -6.88. The van der Waals surface area contributed by atoms with E-state index < -0.39 is 81.4 Å². The number of carbonyl (C=O) groups excluding carboxylic acids is 3. The number of nitrogens with one attached hydrogen (secondary N) is 1. The number of hydrogen-bond acceptors (Lipinski definition) is 4. The van der Waals surface area contributed by atoms with Gasteiger partial charge in [0, 0.05) is 50.6 Å². The summed E-state index contributed by atoms with van der Waals surface area (Å²) in [4.78, 5) is 36.8. The fourth-order valence-electron chi connectivity index (χ4n) is 3.64. The van der Waals surface area contributed by atoms with E-state index >= 15 is 0 Å². The number of amides is 3. The summed E-state index contributed by atoms with van der Waals surface area (Å²) in [6, 6.07) is -1.45. The van der Waals surface area contributed by atoms with Crippen LogP contribution < -0.4 is 5.32 Å². The van der Waals surface area contributed by atoms with Gasteiger partial charge in [-0.3, -0.25) is 14.4 Å². The molecule has 0 aliphatic carbocycles. The van der Waals surface area contributed by atoms with Gasteiger partial charge in [0.05, 0.1) is 0 Å². The molecule has 0 bridgehead atoms. The Morgan fingerprint density at radius 1 is 0.722 bits per heavy atom. The van der Waals surface area contributed by atoms with E-state index in [1.165, 1.54) is 0 Å². The molecule has 0 saturated carbocycles. The van der Waals surface area contributed by atoms with Gasteiger partial charge in [0.15, 0.2) is 0 Å². The molecule has 36 heavy (non-hydrogen) atoms. The van der Waals surface area contributed by atoms with Crippen LogP contribution in [0.1, 0.15) is 25.7 Å². The highest BCUT2D eigenvalue weighted by molar-refractivity contribution is 9.09. The molecule has 17 heteroatoms. The highest BCUT2D eigenvalue weighted by atomic mass is 79.9. The zero-order chi connectivity index (χ0) is 27.7. The molecule has 1 unspecified atom stereocenters. The van der Waals surface area contributed by atoms with Crippen molar-refractivity contribution in [1.82, 2.24) is 20.0 Å². The van der Waals surface area contributed by atoms with Crippen LogP contribution in [0.5, 0.6) is 0 Å². The van der Waals surface area contributed by atoms with E-state index in [1.54, 1.807) is 0 Å². The zero-order valence-corrected chi connectivity index (χ0v) is 20.5. The quantitative estimate of drug-likeness (QED) is 0.395. The average Bonchev–Trinajstić information content (AvgIpc) is 2.75. The minimum atomic E-state index is -5.42. The molecule has 1 N–H and O–H groups in total. The topological polar surface area (TPSA) is 73.0 Å². The summed E-state index contributed by atoms with van der Waals surface area (Å²) >= 11 is 3.06. The maximum absolute atomic E-state index is 13.3. The zero-order valence-electron chi connectivity index (χ0n) is 18.9. The van der Waals surface area contributed by atoms with Crippen molar-refractivity contribution in [3.8, 4) is 0 Å². The molecule has 210 valence electrons. The van der Waals surface area contributed by atoms with Crippen LogP contribution in [0.3, 0.4) is 0 Å². The van der Waals surface area contributed by atoms with E-state index in [4.69, 9.17) is 0 Å². The van der Waals surface area contributed by atoms with E-state index in [0.717, 1.165) is 0 Å². The van der Waals surface area contributed by atoms with Crippen molar-refractivity contribution in [3.63, 3.8) is 0 Å². The molecule has 1 aliphatic heterocycles. The minimum absolute atomic E-state index is 0.0496. The second kappa shape index (κ2) is 13.7. The monoisotopic (exact) mass is 608 g/mol. The molecule has 1 atom stereocenters. The van der Waals surface area contributed by atoms with E-state index in [9.17, 15) is 53.9 Å². The van der Waals surface area contributed by atoms with Gasteiger partial charge in [0.25, 0.3) is 0 Å². The van der Waals surface area contributed by atoms with E-state index in [2.05, 4.69) is 21.2 Å². The lowest BCUT2D eigenvalue weighted by Crippen LogP contribution is -2.55. The molecule has 0 aromatic carbocycles. The normalized spacial score (nSPS) is 20.2. The van der Waals surface area contributed by atoms with Crippen LogP contribution in [0, 0.1) is 0 Å². The van der Waals surface area contributed by atoms with Crippen molar-refractivity contribution >= 4 is 33.7 Å². The first-order valence-electron chi connectivity index (χ1n) is 10.9. The maximum Gasteiger partial charge on any atom is 0.471 e. The third kappa shape index (κ3) is 10.3. The highest BCUT2D eigenvalue weighted by Gasteiger charge is 2.47. The Balaban J connectivity index is 3.32. The number of halogens is 10. The highest BCUT2D eigenvalue weighted by Crippen LogP contribution is 2.25. The van der Waals surface area contributed by atoms with Crippen molar-refractivity contribution in [2.75, 3.05) is 51.1 Å². The fourth-order valence-corrected chi connectivity index (χ4v) is 3.96. The van der Waals surface area contributed by atoms with Crippen molar-refractivity contribution in [1.29, 1.82) is 0 Å². The van der Waals surface area contributed by atoms with Crippen LogP contribution in [0.15, 0.2) is 0 Å². The van der Waals surface area contributed by atoms with Crippen LogP contribution in [0.2, 0.25) is 0 Å². The van der Waals surface area contributed by atoms with Gasteiger partial charge in [-0.1, -0.05) is 15.9 Å². The van der Waals surface area contributed by atoms with Gasteiger partial charge in [-0.2, -0.15) is 39.5 Å². The first kappa shape index (κ1) is 32.2. The SMILES string of the molecule is O=C(N1CCCN(C(=O)C(F)(F)F)CC(CCCBr)N(C(=O)C(F)(F)F)CCCNCC1)C(F)(F)F. The van der Waals surface area contributed by atoms with E-state index in [1.807, 2.05) is 0 Å². The Hall–Kier alpha value is -1.78. The molecule has 7 nitrogen and oxygen atoms in total. The van der Waals surface area contributed by atoms with Crippen molar-refractivity contribution in [3.05, 3.63) is 0 Å². The Bertz CT molecular complexity index is 747. The number of alkyl halides is 10. The van der Waals surface area contributed by atoms with Gasteiger partial charge in [-0.05, 0) is 32.2 Å². The standard InChI is InChI=1S/C19H26BrF9N4O3/c20-5-1-4-13-12-32(15(35)18(24,25)26)9-3-8-31(14(34)17(21,22)23)11-7-30-6-2-10-33(13)16(36)19(27,28)29/h13,30H,1-12H2. The van der Waals surface area contributed by atoms with E-state index in [-0.39, 0.29) is 42.6 Å². The lowest BCUT2D eigenvalue weighted by molar-refractivity contribution is -0.192. The summed E-state index contributed by atoms with van der Waals surface area (Å²) < 4.78 is 118. The molecule has 0 radical (unpaired) electrons. The summed E-state index contributed by atoms with van der Waals surface area (Å²) in [6.45, 7) is -3.62. The third-order valence-corrected chi connectivity index (χ3v) is 5.83. The Morgan fingerprint density at radius 2 is 1.25 bits per heavy atom. The van der Waals surface area contributed by atoms with Crippen LogP contribution in [0.25, 0.3) is 0 Å². The summed E-state index contributed by atoms with van der Waals surface area (Å²) in [6.07, 6.45) is -16.6. The Labute approximate surface area is 209 Å². The van der Waals surface area contributed by atoms with Gasteiger partial charge < -0.3 is 20.0 Å². The largest absolute Gasteiger partial charge is 0.471 e. The molecule has 1 rings (SSSR count). The molecule has 0 spiro atoms. The van der Waals surface area contributed by atoms with Crippen LogP contribution in [0.4, 0.5) is 39.5 Å². The molecule has 3 amide bonds. The summed E-state index contributed by atoms with van der Waals surface area (Å²) in [7, 11) is 0. The number of nitrogens with zero attached hydrogens (tertiary/aromatic N) is 3. The van der Waals surface area contributed by atoms with Crippen LogP contribution >= 0.6 is 15.9 Å². The molecule has 0 aromatic rings. The number of rotatable bonds is 3. The van der Waals surface area contributed by atoms with Gasteiger partial charge in [0.2, 0.25) is 0 Å².